The second kappa shape index (κ2) is 2.48. The SMILES string of the molecule is CCSC1(N(C)C)CN1. The van der Waals surface area contributed by atoms with E-state index in [-0.39, 0.29) is 0 Å². The molecule has 1 aliphatic rings. The number of likely N-dealkylation sites (N-methyl/N-ethyl adjacent to an activating group) is 1. The van der Waals surface area contributed by atoms with Crippen LogP contribution in [0.1, 0.15) is 6.92 Å². The minimum atomic E-state index is 0.300. The third kappa shape index (κ3) is 1.39. The molecule has 1 saturated heterocycles. The molecule has 1 aliphatic heterocycles. The van der Waals surface area contributed by atoms with Gasteiger partial charge in [0.05, 0.1) is 0 Å². The summed E-state index contributed by atoms with van der Waals surface area (Å²) in [7, 11) is 4.23. The van der Waals surface area contributed by atoms with Crippen molar-refractivity contribution in [2.45, 2.75) is 11.9 Å². The van der Waals surface area contributed by atoms with E-state index >= 15 is 0 Å². The summed E-state index contributed by atoms with van der Waals surface area (Å²) in [6.07, 6.45) is 0. The molecule has 1 heterocycles. The maximum atomic E-state index is 3.34. The predicted octanol–water partition coefficient (Wildman–Crippen LogP) is 0.558. The molecule has 1 rings (SSSR count). The molecule has 0 radical (unpaired) electrons. The molecule has 2 nitrogen and oxygen atoms in total. The van der Waals surface area contributed by atoms with E-state index in [0.29, 0.717) is 4.99 Å². The number of nitrogens with zero attached hydrogens (tertiary/aromatic N) is 1. The van der Waals surface area contributed by atoms with E-state index in [1.165, 1.54) is 5.75 Å². The van der Waals surface area contributed by atoms with E-state index in [1.54, 1.807) is 0 Å². The van der Waals surface area contributed by atoms with Crippen molar-refractivity contribution in [1.82, 2.24) is 10.2 Å². The van der Waals surface area contributed by atoms with Crippen molar-refractivity contribution < 1.29 is 0 Å². The van der Waals surface area contributed by atoms with Crippen LogP contribution in [0.4, 0.5) is 0 Å². The Bertz CT molecular complexity index is 99.2. The lowest BCUT2D eigenvalue weighted by Gasteiger charge is -2.19. The van der Waals surface area contributed by atoms with Gasteiger partial charge >= 0.3 is 0 Å². The normalized spacial score (nSPS) is 33.3. The highest BCUT2D eigenvalue weighted by molar-refractivity contribution is 8.00. The van der Waals surface area contributed by atoms with Crippen molar-refractivity contribution in [3.8, 4) is 0 Å². The van der Waals surface area contributed by atoms with Gasteiger partial charge in [0, 0.05) is 6.54 Å². The number of thioether (sulfide) groups is 1. The lowest BCUT2D eigenvalue weighted by Crippen LogP contribution is -2.31. The van der Waals surface area contributed by atoms with Gasteiger partial charge in [-0.2, -0.15) is 0 Å². The van der Waals surface area contributed by atoms with E-state index in [9.17, 15) is 0 Å². The van der Waals surface area contributed by atoms with Gasteiger partial charge in [0.15, 0.2) is 0 Å². The van der Waals surface area contributed by atoms with Crippen LogP contribution in [-0.4, -0.2) is 36.3 Å². The second-order valence-corrected chi connectivity index (χ2v) is 4.01. The number of nitrogens with one attached hydrogen (secondary N) is 1. The van der Waals surface area contributed by atoms with Crippen molar-refractivity contribution in [2.24, 2.45) is 0 Å². The van der Waals surface area contributed by atoms with Crippen LogP contribution in [0.5, 0.6) is 0 Å². The van der Waals surface area contributed by atoms with Crippen LogP contribution in [0, 0.1) is 0 Å². The van der Waals surface area contributed by atoms with Gasteiger partial charge < -0.3 is 0 Å². The van der Waals surface area contributed by atoms with Crippen LogP contribution < -0.4 is 5.32 Å². The molecule has 0 bridgehead atoms. The Morgan fingerprint density at radius 1 is 1.67 bits per heavy atom. The quantitative estimate of drug-likeness (QED) is 0.465. The lowest BCUT2D eigenvalue weighted by molar-refractivity contribution is 0.362. The first kappa shape index (κ1) is 7.38. The summed E-state index contributed by atoms with van der Waals surface area (Å²) in [4.78, 5) is 2.54. The van der Waals surface area contributed by atoms with E-state index < -0.39 is 0 Å². The molecule has 3 heteroatoms. The fraction of sp³-hybridized carbons (Fsp3) is 1.00. The molecule has 0 spiro atoms. The van der Waals surface area contributed by atoms with Crippen LogP contribution in [-0.2, 0) is 0 Å². The van der Waals surface area contributed by atoms with Crippen molar-refractivity contribution >= 4 is 11.8 Å². The monoisotopic (exact) mass is 146 g/mol. The Balaban J connectivity index is 2.33. The zero-order chi connectivity index (χ0) is 6.91. The lowest BCUT2D eigenvalue weighted by atomic mass is 10.7. The van der Waals surface area contributed by atoms with Crippen molar-refractivity contribution in [1.29, 1.82) is 0 Å². The molecule has 9 heavy (non-hydrogen) atoms. The summed E-state index contributed by atoms with van der Waals surface area (Å²) < 4.78 is 0. The molecule has 0 aromatic heterocycles. The maximum absolute atomic E-state index is 3.34. The molecule has 1 atom stereocenters. The van der Waals surface area contributed by atoms with Gasteiger partial charge in [0.1, 0.15) is 4.99 Å². The summed E-state index contributed by atoms with van der Waals surface area (Å²) in [5, 5.41) is 3.34. The van der Waals surface area contributed by atoms with E-state index in [4.69, 9.17) is 0 Å². The largest absolute Gasteiger partial charge is 0.285 e. The number of hydrogen-bond acceptors (Lipinski definition) is 3. The zero-order valence-corrected chi connectivity index (χ0v) is 7.09. The highest BCUT2D eigenvalue weighted by Gasteiger charge is 2.44. The van der Waals surface area contributed by atoms with Crippen LogP contribution in [0.2, 0.25) is 0 Å². The molecule has 54 valence electrons. The van der Waals surface area contributed by atoms with Gasteiger partial charge in [-0.25, -0.2) is 0 Å². The van der Waals surface area contributed by atoms with Crippen molar-refractivity contribution in [3.63, 3.8) is 0 Å². The van der Waals surface area contributed by atoms with Crippen molar-refractivity contribution in [3.05, 3.63) is 0 Å². The van der Waals surface area contributed by atoms with Gasteiger partial charge in [-0.1, -0.05) is 6.92 Å². The van der Waals surface area contributed by atoms with Gasteiger partial charge in [-0.3, -0.25) is 10.2 Å². The first-order valence-corrected chi connectivity index (χ1v) is 4.26. The molecule has 1 fully saturated rings. The number of hydrogen-bond donors (Lipinski definition) is 1. The minimum Gasteiger partial charge on any atom is -0.285 e. The molecular weight excluding hydrogens is 132 g/mol. The molecule has 1 unspecified atom stereocenters. The molecule has 0 amide bonds. The second-order valence-electron chi connectivity index (χ2n) is 2.47. The van der Waals surface area contributed by atoms with Crippen LogP contribution in [0.15, 0.2) is 0 Å². The minimum absolute atomic E-state index is 0.300. The summed E-state index contributed by atoms with van der Waals surface area (Å²) >= 11 is 1.97. The fourth-order valence-corrected chi connectivity index (χ4v) is 1.87. The van der Waals surface area contributed by atoms with Gasteiger partial charge in [0.25, 0.3) is 0 Å². The van der Waals surface area contributed by atoms with E-state index in [2.05, 4.69) is 31.2 Å². The highest BCUT2D eigenvalue weighted by atomic mass is 32.2. The Kier molecular flexibility index (Phi) is 2.03. The Labute approximate surface area is 61.0 Å². The summed E-state index contributed by atoms with van der Waals surface area (Å²) in [6.45, 7) is 3.33. The summed E-state index contributed by atoms with van der Waals surface area (Å²) in [5.41, 5.74) is 0. The fourth-order valence-electron chi connectivity index (χ4n) is 0.862. The smallest absolute Gasteiger partial charge is 0.132 e. The van der Waals surface area contributed by atoms with E-state index in [1.807, 2.05) is 11.8 Å². The van der Waals surface area contributed by atoms with Crippen LogP contribution >= 0.6 is 11.8 Å². The van der Waals surface area contributed by atoms with Crippen molar-refractivity contribution in [2.75, 3.05) is 26.4 Å². The topological polar surface area (TPSA) is 25.2 Å². The van der Waals surface area contributed by atoms with E-state index in [0.717, 1.165) is 6.54 Å². The standard InChI is InChI=1S/C6H14N2S/c1-4-9-6(5-7-6)8(2)3/h7H,4-5H2,1-3H3. The van der Waals surface area contributed by atoms with Gasteiger partial charge in [0.2, 0.25) is 0 Å². The molecule has 1 N–H and O–H groups in total. The average molecular weight is 146 g/mol. The summed E-state index contributed by atoms with van der Waals surface area (Å²) in [5.74, 6) is 1.19. The highest BCUT2D eigenvalue weighted by Crippen LogP contribution is 2.32. The molecule has 0 saturated carbocycles. The predicted molar refractivity (Wildman–Crippen MR) is 42.6 cm³/mol. The average Bonchev–Trinajstić information content (AvgIpc) is 2.49. The molecule has 0 aliphatic carbocycles. The molecular formula is C6H14N2S. The number of rotatable bonds is 3. The molecule has 0 aromatic carbocycles. The Hall–Kier alpha value is 0.270. The van der Waals surface area contributed by atoms with Crippen LogP contribution in [0.3, 0.4) is 0 Å². The van der Waals surface area contributed by atoms with Crippen LogP contribution in [0.25, 0.3) is 0 Å². The summed E-state index contributed by atoms with van der Waals surface area (Å²) in [6, 6.07) is 0. The third-order valence-corrected chi connectivity index (χ3v) is 3.00. The Morgan fingerprint density at radius 3 is 2.33 bits per heavy atom. The first-order chi connectivity index (χ1) is 4.21. The van der Waals surface area contributed by atoms with Gasteiger partial charge in [-0.05, 0) is 19.8 Å². The molecule has 0 aromatic rings. The zero-order valence-electron chi connectivity index (χ0n) is 6.27. The maximum Gasteiger partial charge on any atom is 0.132 e. The van der Waals surface area contributed by atoms with Gasteiger partial charge in [-0.15, -0.1) is 11.8 Å². The first-order valence-electron chi connectivity index (χ1n) is 3.28. The third-order valence-electron chi connectivity index (χ3n) is 1.58. The Morgan fingerprint density at radius 2 is 2.22 bits per heavy atom.